The molecule has 1 N–H and O–H groups in total. The van der Waals surface area contributed by atoms with Gasteiger partial charge in [0.25, 0.3) is 0 Å². The predicted molar refractivity (Wildman–Crippen MR) is 54.6 cm³/mol. The Labute approximate surface area is 74.8 Å². The molecule has 0 amide bonds. The van der Waals surface area contributed by atoms with Gasteiger partial charge in [-0.1, -0.05) is 24.6 Å². The van der Waals surface area contributed by atoms with Crippen molar-refractivity contribution in [2.45, 2.75) is 33.2 Å². The zero-order valence-electron chi connectivity index (χ0n) is 8.09. The maximum atomic E-state index is 3.42. The van der Waals surface area contributed by atoms with Gasteiger partial charge < -0.3 is 5.32 Å². The number of anilines is 1. The normalized spacial score (nSPS) is 12.6. The number of benzene rings is 1. The number of hydrogen-bond acceptors (Lipinski definition) is 1. The van der Waals surface area contributed by atoms with Gasteiger partial charge in [-0.3, -0.25) is 0 Å². The van der Waals surface area contributed by atoms with Crippen molar-refractivity contribution in [2.24, 2.45) is 0 Å². The summed E-state index contributed by atoms with van der Waals surface area (Å²) in [6, 6.07) is 9.08. The standard InChI is InChI=1S/C11H17N/c1-4-10(3)12-11-7-5-9(2)6-8-11/h5-8,10,12H,4H2,1-3H3/t10-/m1/s1. The van der Waals surface area contributed by atoms with E-state index in [2.05, 4.69) is 50.4 Å². The lowest BCUT2D eigenvalue weighted by atomic mass is 10.2. The molecule has 0 unspecified atom stereocenters. The molecule has 0 aliphatic heterocycles. The van der Waals surface area contributed by atoms with Crippen molar-refractivity contribution >= 4 is 5.69 Å². The van der Waals surface area contributed by atoms with Crippen molar-refractivity contribution in [3.05, 3.63) is 29.8 Å². The minimum Gasteiger partial charge on any atom is -0.383 e. The molecule has 0 aliphatic rings. The van der Waals surface area contributed by atoms with Crippen LogP contribution in [0.5, 0.6) is 0 Å². The summed E-state index contributed by atoms with van der Waals surface area (Å²) in [5, 5.41) is 3.42. The average Bonchev–Trinajstić information content (AvgIpc) is 2.09. The number of hydrogen-bond donors (Lipinski definition) is 1. The molecule has 0 aliphatic carbocycles. The summed E-state index contributed by atoms with van der Waals surface area (Å²) in [5.41, 5.74) is 2.53. The minimum absolute atomic E-state index is 0.563. The van der Waals surface area contributed by atoms with Crippen molar-refractivity contribution in [2.75, 3.05) is 5.32 Å². The molecule has 0 bridgehead atoms. The Morgan fingerprint density at radius 2 is 1.83 bits per heavy atom. The second-order valence-corrected chi connectivity index (χ2v) is 3.32. The van der Waals surface area contributed by atoms with Gasteiger partial charge in [0.2, 0.25) is 0 Å². The number of aryl methyl sites for hydroxylation is 1. The third-order valence-corrected chi connectivity index (χ3v) is 2.08. The van der Waals surface area contributed by atoms with Gasteiger partial charge in [-0.25, -0.2) is 0 Å². The van der Waals surface area contributed by atoms with E-state index < -0.39 is 0 Å². The third kappa shape index (κ3) is 2.57. The van der Waals surface area contributed by atoms with Crippen LogP contribution in [0.2, 0.25) is 0 Å². The highest BCUT2D eigenvalue weighted by molar-refractivity contribution is 5.44. The third-order valence-electron chi connectivity index (χ3n) is 2.08. The van der Waals surface area contributed by atoms with Crippen LogP contribution in [-0.4, -0.2) is 6.04 Å². The molecule has 1 atom stereocenters. The minimum atomic E-state index is 0.563. The molecule has 1 aromatic rings. The van der Waals surface area contributed by atoms with E-state index in [-0.39, 0.29) is 0 Å². The molecule has 1 heteroatoms. The van der Waals surface area contributed by atoms with Crippen LogP contribution in [0.25, 0.3) is 0 Å². The van der Waals surface area contributed by atoms with Crippen LogP contribution in [0.1, 0.15) is 25.8 Å². The topological polar surface area (TPSA) is 12.0 Å². The zero-order chi connectivity index (χ0) is 8.97. The van der Waals surface area contributed by atoms with Gasteiger partial charge >= 0.3 is 0 Å². The van der Waals surface area contributed by atoms with Gasteiger partial charge in [0.05, 0.1) is 0 Å². The highest BCUT2D eigenvalue weighted by atomic mass is 14.9. The Kier molecular flexibility index (Phi) is 3.15. The lowest BCUT2D eigenvalue weighted by molar-refractivity contribution is 0.764. The van der Waals surface area contributed by atoms with E-state index in [1.807, 2.05) is 0 Å². The highest BCUT2D eigenvalue weighted by Gasteiger charge is 1.96. The molecule has 0 aromatic heterocycles. The van der Waals surface area contributed by atoms with E-state index in [1.54, 1.807) is 0 Å². The number of nitrogens with one attached hydrogen (secondary N) is 1. The maximum absolute atomic E-state index is 3.42. The van der Waals surface area contributed by atoms with E-state index in [4.69, 9.17) is 0 Å². The van der Waals surface area contributed by atoms with Crippen LogP contribution in [0, 0.1) is 6.92 Å². The summed E-state index contributed by atoms with van der Waals surface area (Å²) in [7, 11) is 0. The van der Waals surface area contributed by atoms with Crippen LogP contribution in [0.3, 0.4) is 0 Å². The lowest BCUT2D eigenvalue weighted by Crippen LogP contribution is -2.12. The molecule has 1 nitrogen and oxygen atoms in total. The first-order valence-electron chi connectivity index (χ1n) is 4.55. The van der Waals surface area contributed by atoms with Gasteiger partial charge in [-0.05, 0) is 32.4 Å². The molecule has 0 saturated heterocycles. The van der Waals surface area contributed by atoms with Crippen LogP contribution in [0.4, 0.5) is 5.69 Å². The fraction of sp³-hybridized carbons (Fsp3) is 0.455. The zero-order valence-corrected chi connectivity index (χ0v) is 8.09. The summed E-state index contributed by atoms with van der Waals surface area (Å²) in [6.07, 6.45) is 1.16. The van der Waals surface area contributed by atoms with E-state index in [0.717, 1.165) is 6.42 Å². The van der Waals surface area contributed by atoms with Gasteiger partial charge in [-0.2, -0.15) is 0 Å². The summed E-state index contributed by atoms with van der Waals surface area (Å²) >= 11 is 0. The molecule has 0 radical (unpaired) electrons. The Morgan fingerprint density at radius 3 is 2.33 bits per heavy atom. The predicted octanol–water partition coefficient (Wildman–Crippen LogP) is 3.21. The van der Waals surface area contributed by atoms with E-state index in [1.165, 1.54) is 11.3 Å². The van der Waals surface area contributed by atoms with Crippen molar-refractivity contribution < 1.29 is 0 Å². The number of rotatable bonds is 3. The second kappa shape index (κ2) is 4.15. The fourth-order valence-corrected chi connectivity index (χ4v) is 1.04. The summed E-state index contributed by atoms with van der Waals surface area (Å²) < 4.78 is 0. The molecular weight excluding hydrogens is 146 g/mol. The van der Waals surface area contributed by atoms with Gasteiger partial charge in [0.1, 0.15) is 0 Å². The van der Waals surface area contributed by atoms with Gasteiger partial charge in [-0.15, -0.1) is 0 Å². The molecule has 0 heterocycles. The first-order valence-corrected chi connectivity index (χ1v) is 4.55. The quantitative estimate of drug-likeness (QED) is 0.721. The SMILES string of the molecule is CC[C@@H](C)Nc1ccc(C)cc1. The second-order valence-electron chi connectivity index (χ2n) is 3.32. The molecule has 0 saturated carbocycles. The van der Waals surface area contributed by atoms with Crippen molar-refractivity contribution in [3.63, 3.8) is 0 Å². The molecule has 12 heavy (non-hydrogen) atoms. The van der Waals surface area contributed by atoms with E-state index >= 15 is 0 Å². The molecule has 66 valence electrons. The van der Waals surface area contributed by atoms with Crippen LogP contribution in [-0.2, 0) is 0 Å². The van der Waals surface area contributed by atoms with Crippen molar-refractivity contribution in [3.8, 4) is 0 Å². The Bertz CT molecular complexity index is 225. The van der Waals surface area contributed by atoms with Crippen LogP contribution >= 0.6 is 0 Å². The first kappa shape index (κ1) is 9.11. The Hall–Kier alpha value is -0.980. The van der Waals surface area contributed by atoms with Crippen molar-refractivity contribution in [1.29, 1.82) is 0 Å². The largest absolute Gasteiger partial charge is 0.383 e. The molecular formula is C11H17N. The Morgan fingerprint density at radius 1 is 1.25 bits per heavy atom. The highest BCUT2D eigenvalue weighted by Crippen LogP contribution is 2.10. The monoisotopic (exact) mass is 163 g/mol. The summed E-state index contributed by atoms with van der Waals surface area (Å²) in [6.45, 7) is 6.48. The van der Waals surface area contributed by atoms with Crippen molar-refractivity contribution in [1.82, 2.24) is 0 Å². The average molecular weight is 163 g/mol. The maximum Gasteiger partial charge on any atom is 0.0342 e. The van der Waals surface area contributed by atoms with E-state index in [0.29, 0.717) is 6.04 Å². The summed E-state index contributed by atoms with van der Waals surface area (Å²) in [4.78, 5) is 0. The van der Waals surface area contributed by atoms with E-state index in [9.17, 15) is 0 Å². The van der Waals surface area contributed by atoms with Crippen LogP contribution in [0.15, 0.2) is 24.3 Å². The van der Waals surface area contributed by atoms with Gasteiger partial charge in [0, 0.05) is 11.7 Å². The molecule has 1 aromatic carbocycles. The smallest absolute Gasteiger partial charge is 0.0342 e. The fourth-order valence-electron chi connectivity index (χ4n) is 1.04. The molecule has 1 rings (SSSR count). The first-order chi connectivity index (χ1) is 5.72. The lowest BCUT2D eigenvalue weighted by Gasteiger charge is -2.12. The van der Waals surface area contributed by atoms with Gasteiger partial charge in [0.15, 0.2) is 0 Å². The molecule has 0 fully saturated rings. The summed E-state index contributed by atoms with van der Waals surface area (Å²) in [5.74, 6) is 0. The Balaban J connectivity index is 2.58. The van der Waals surface area contributed by atoms with Crippen LogP contribution < -0.4 is 5.32 Å². The molecule has 0 spiro atoms.